The maximum Gasteiger partial charge on any atom is 0.150 e. The summed E-state index contributed by atoms with van der Waals surface area (Å²) >= 11 is 0. The third-order valence-electron chi connectivity index (χ3n) is 3.92. The van der Waals surface area contributed by atoms with Crippen molar-refractivity contribution in [2.75, 3.05) is 20.0 Å². The van der Waals surface area contributed by atoms with Gasteiger partial charge in [0.05, 0.1) is 10.9 Å². The zero-order valence-corrected chi connectivity index (χ0v) is 11.8. The second-order valence-corrected chi connectivity index (χ2v) is 7.74. The molecular weight excluding hydrogens is 240 g/mol. The van der Waals surface area contributed by atoms with E-state index in [1.165, 1.54) is 6.26 Å². The lowest BCUT2D eigenvalue weighted by Gasteiger charge is -2.38. The smallest absolute Gasteiger partial charge is 0.150 e. The molecule has 0 heterocycles. The van der Waals surface area contributed by atoms with Crippen LogP contribution in [0, 0.1) is 5.92 Å². The van der Waals surface area contributed by atoms with E-state index in [1.54, 1.807) is 14.0 Å². The molecule has 1 fully saturated rings. The molecule has 1 aliphatic carbocycles. The highest BCUT2D eigenvalue weighted by Crippen LogP contribution is 2.36. The molecule has 17 heavy (non-hydrogen) atoms. The van der Waals surface area contributed by atoms with Gasteiger partial charge in [0, 0.05) is 20.0 Å². The van der Waals surface area contributed by atoms with Gasteiger partial charge in [0.2, 0.25) is 0 Å². The highest BCUT2D eigenvalue weighted by Gasteiger charge is 2.38. The minimum atomic E-state index is -2.98. The van der Waals surface area contributed by atoms with Gasteiger partial charge >= 0.3 is 0 Å². The largest absolute Gasteiger partial charge is 0.390 e. The monoisotopic (exact) mass is 264 g/mol. The van der Waals surface area contributed by atoms with Crippen LogP contribution in [-0.2, 0) is 14.6 Å². The molecule has 0 saturated heterocycles. The van der Waals surface area contributed by atoms with E-state index in [9.17, 15) is 13.5 Å². The zero-order chi connectivity index (χ0) is 13.1. The zero-order valence-electron chi connectivity index (χ0n) is 11.0. The summed E-state index contributed by atoms with van der Waals surface area (Å²) in [6, 6.07) is 0. The van der Waals surface area contributed by atoms with Crippen molar-refractivity contribution in [1.29, 1.82) is 0 Å². The molecule has 102 valence electrons. The molecule has 1 saturated carbocycles. The first-order chi connectivity index (χ1) is 7.77. The van der Waals surface area contributed by atoms with Crippen LogP contribution in [0.1, 0.15) is 39.0 Å². The third-order valence-corrected chi connectivity index (χ3v) is 5.56. The Labute approximate surface area is 104 Å². The van der Waals surface area contributed by atoms with Crippen LogP contribution in [-0.4, -0.2) is 44.3 Å². The van der Waals surface area contributed by atoms with Crippen molar-refractivity contribution >= 4 is 9.84 Å². The van der Waals surface area contributed by atoms with Gasteiger partial charge in [-0.05, 0) is 38.5 Å². The fourth-order valence-corrected chi connectivity index (χ4v) is 3.79. The molecule has 0 amide bonds. The first kappa shape index (κ1) is 14.9. The molecule has 0 aromatic heterocycles. The molecular formula is C12H24O4S. The minimum Gasteiger partial charge on any atom is -0.390 e. The van der Waals surface area contributed by atoms with Crippen LogP contribution in [0.4, 0.5) is 0 Å². The summed E-state index contributed by atoms with van der Waals surface area (Å²) in [6.07, 6.45) is 4.95. The van der Waals surface area contributed by atoms with Gasteiger partial charge in [-0.15, -0.1) is 0 Å². The van der Waals surface area contributed by atoms with Gasteiger partial charge in [-0.25, -0.2) is 8.42 Å². The molecule has 4 nitrogen and oxygen atoms in total. The molecule has 0 aromatic rings. The molecule has 3 atom stereocenters. The lowest BCUT2D eigenvalue weighted by atomic mass is 9.76. The standard InChI is InChI=1S/C12H24O4S/c1-12(13,7-8-16-2)10-5-4-6-11(9-10)17(3,14)15/h10-11,13H,4-9H2,1-3H3. The number of hydrogen-bond acceptors (Lipinski definition) is 4. The quantitative estimate of drug-likeness (QED) is 0.815. The number of ether oxygens (including phenoxy) is 1. The molecule has 0 bridgehead atoms. The fourth-order valence-electron chi connectivity index (χ4n) is 2.61. The predicted octanol–water partition coefficient (Wildman–Crippen LogP) is 1.38. The highest BCUT2D eigenvalue weighted by atomic mass is 32.2. The van der Waals surface area contributed by atoms with Crippen molar-refractivity contribution in [3.05, 3.63) is 0 Å². The van der Waals surface area contributed by atoms with Crippen molar-refractivity contribution in [3.63, 3.8) is 0 Å². The average Bonchev–Trinajstić information content (AvgIpc) is 2.25. The summed E-state index contributed by atoms with van der Waals surface area (Å²) in [5, 5.41) is 10.1. The Morgan fingerprint density at radius 1 is 1.41 bits per heavy atom. The first-order valence-electron chi connectivity index (χ1n) is 6.17. The average molecular weight is 264 g/mol. The van der Waals surface area contributed by atoms with E-state index in [0.29, 0.717) is 19.4 Å². The summed E-state index contributed by atoms with van der Waals surface area (Å²) in [6.45, 7) is 2.30. The van der Waals surface area contributed by atoms with Gasteiger partial charge in [0.1, 0.15) is 9.84 Å². The number of sulfone groups is 1. The molecule has 1 rings (SSSR count). The number of methoxy groups -OCH3 is 1. The van der Waals surface area contributed by atoms with E-state index in [0.717, 1.165) is 19.3 Å². The van der Waals surface area contributed by atoms with Crippen LogP contribution in [0.3, 0.4) is 0 Å². The summed E-state index contributed by atoms with van der Waals surface area (Å²) < 4.78 is 28.1. The summed E-state index contributed by atoms with van der Waals surface area (Å²) in [5.41, 5.74) is -0.820. The molecule has 0 aliphatic heterocycles. The summed E-state index contributed by atoms with van der Waals surface area (Å²) in [4.78, 5) is 0. The van der Waals surface area contributed by atoms with Crippen LogP contribution >= 0.6 is 0 Å². The Morgan fingerprint density at radius 2 is 2.06 bits per heavy atom. The molecule has 5 heteroatoms. The van der Waals surface area contributed by atoms with Crippen LogP contribution in [0.2, 0.25) is 0 Å². The predicted molar refractivity (Wildman–Crippen MR) is 67.7 cm³/mol. The molecule has 0 spiro atoms. The number of aliphatic hydroxyl groups is 1. The lowest BCUT2D eigenvalue weighted by Crippen LogP contribution is -2.41. The Hall–Kier alpha value is -0.130. The molecule has 1 N–H and O–H groups in total. The third kappa shape index (κ3) is 4.23. The van der Waals surface area contributed by atoms with Gasteiger partial charge in [-0.1, -0.05) is 6.42 Å². The lowest BCUT2D eigenvalue weighted by molar-refractivity contribution is -0.0379. The summed E-state index contributed by atoms with van der Waals surface area (Å²) in [5.74, 6) is 0.0612. The van der Waals surface area contributed by atoms with Crippen molar-refractivity contribution in [1.82, 2.24) is 0 Å². The van der Waals surface area contributed by atoms with Crippen molar-refractivity contribution < 1.29 is 18.3 Å². The second kappa shape index (κ2) is 5.67. The molecule has 3 unspecified atom stereocenters. The van der Waals surface area contributed by atoms with Crippen LogP contribution in [0.15, 0.2) is 0 Å². The van der Waals surface area contributed by atoms with E-state index in [4.69, 9.17) is 4.74 Å². The first-order valence-corrected chi connectivity index (χ1v) is 8.13. The normalized spacial score (nSPS) is 29.9. The van der Waals surface area contributed by atoms with Gasteiger partial charge in [0.25, 0.3) is 0 Å². The molecule has 0 radical (unpaired) electrons. The summed E-state index contributed by atoms with van der Waals surface area (Å²) in [7, 11) is -1.37. The van der Waals surface area contributed by atoms with E-state index in [2.05, 4.69) is 0 Å². The highest BCUT2D eigenvalue weighted by molar-refractivity contribution is 7.91. The number of rotatable bonds is 5. The van der Waals surface area contributed by atoms with E-state index in [-0.39, 0.29) is 11.2 Å². The van der Waals surface area contributed by atoms with Gasteiger partial charge in [0.15, 0.2) is 0 Å². The second-order valence-electron chi connectivity index (χ2n) is 5.42. The van der Waals surface area contributed by atoms with Crippen molar-refractivity contribution in [2.24, 2.45) is 5.92 Å². The SMILES string of the molecule is COCCC(C)(O)C1CCCC(S(C)(=O)=O)C1. The van der Waals surface area contributed by atoms with Gasteiger partial charge in [-0.2, -0.15) is 0 Å². The van der Waals surface area contributed by atoms with Crippen LogP contribution in [0.25, 0.3) is 0 Å². The Morgan fingerprint density at radius 3 is 2.59 bits per heavy atom. The number of hydrogen-bond donors (Lipinski definition) is 1. The molecule has 0 aromatic carbocycles. The van der Waals surface area contributed by atoms with Gasteiger partial charge < -0.3 is 9.84 Å². The van der Waals surface area contributed by atoms with Crippen molar-refractivity contribution in [3.8, 4) is 0 Å². The maximum absolute atomic E-state index is 11.6. The Kier molecular flexibility index (Phi) is 4.98. The van der Waals surface area contributed by atoms with E-state index < -0.39 is 15.4 Å². The van der Waals surface area contributed by atoms with Crippen molar-refractivity contribution in [2.45, 2.75) is 49.9 Å². The Balaban J connectivity index is 2.66. The Bertz CT molecular complexity index is 334. The van der Waals surface area contributed by atoms with E-state index >= 15 is 0 Å². The maximum atomic E-state index is 11.6. The van der Waals surface area contributed by atoms with Crippen LogP contribution in [0.5, 0.6) is 0 Å². The minimum absolute atomic E-state index is 0.0612. The van der Waals surface area contributed by atoms with Crippen LogP contribution < -0.4 is 0 Å². The van der Waals surface area contributed by atoms with E-state index in [1.807, 2.05) is 0 Å². The molecule has 1 aliphatic rings. The van der Waals surface area contributed by atoms with Gasteiger partial charge in [-0.3, -0.25) is 0 Å². The topological polar surface area (TPSA) is 63.6 Å². The fraction of sp³-hybridized carbons (Fsp3) is 1.00.